The van der Waals surface area contributed by atoms with Crippen LogP contribution in [0.1, 0.15) is 10.5 Å². The third-order valence-corrected chi connectivity index (χ3v) is 5.10. The molecule has 0 spiro atoms. The monoisotopic (exact) mass is 437 g/mol. The molecule has 0 unspecified atom stereocenters. The van der Waals surface area contributed by atoms with Gasteiger partial charge in [0.1, 0.15) is 28.6 Å². The quantitative estimate of drug-likeness (QED) is 0.358. The van der Waals surface area contributed by atoms with Crippen LogP contribution in [0.2, 0.25) is 0 Å². The van der Waals surface area contributed by atoms with E-state index in [1.54, 1.807) is 42.5 Å². The molecule has 0 saturated heterocycles. The molecule has 33 heavy (non-hydrogen) atoms. The molecule has 0 saturated carbocycles. The number of para-hydroxylation sites is 1. The number of H-pyrrole nitrogens is 1. The van der Waals surface area contributed by atoms with E-state index in [4.69, 9.17) is 4.74 Å². The molecule has 1 amide bonds. The fraction of sp³-hybridized carbons (Fsp3) is 0. The number of hydrogen-bond donors (Lipinski definition) is 3. The highest BCUT2D eigenvalue weighted by atomic mass is 16.5. The lowest BCUT2D eigenvalue weighted by Crippen LogP contribution is -2.17. The van der Waals surface area contributed by atoms with Crippen molar-refractivity contribution in [2.45, 2.75) is 0 Å². The summed E-state index contributed by atoms with van der Waals surface area (Å²) < 4.78 is 7.28. The lowest BCUT2D eigenvalue weighted by atomic mass is 10.2. The summed E-state index contributed by atoms with van der Waals surface area (Å²) in [5.74, 6) is 1.04. The molecule has 0 aliphatic heterocycles. The Morgan fingerprint density at radius 3 is 2.39 bits per heavy atom. The summed E-state index contributed by atoms with van der Waals surface area (Å²) >= 11 is 0. The molecule has 2 aromatic heterocycles. The highest BCUT2D eigenvalue weighted by Crippen LogP contribution is 2.25. The highest BCUT2D eigenvalue weighted by Gasteiger charge is 2.14. The number of aromatic amines is 1. The molecule has 5 rings (SSSR count). The molecule has 162 valence electrons. The van der Waals surface area contributed by atoms with Crippen molar-refractivity contribution in [1.82, 2.24) is 9.55 Å². The van der Waals surface area contributed by atoms with Gasteiger partial charge >= 0.3 is 0 Å². The van der Waals surface area contributed by atoms with Crippen molar-refractivity contribution >= 4 is 22.6 Å². The molecular weight excluding hydrogens is 418 g/mol. The minimum Gasteiger partial charge on any atom is -0.508 e. The van der Waals surface area contributed by atoms with Crippen LogP contribution in [0.5, 0.6) is 17.2 Å². The Labute approximate surface area is 188 Å². The van der Waals surface area contributed by atoms with E-state index in [0.29, 0.717) is 39.6 Å². The molecule has 0 fully saturated rings. The average molecular weight is 437 g/mol. The average Bonchev–Trinajstić information content (AvgIpc) is 3.25. The number of ether oxygens (including phenoxy) is 1. The second-order valence-corrected chi connectivity index (χ2v) is 7.41. The van der Waals surface area contributed by atoms with Crippen molar-refractivity contribution in [3.05, 3.63) is 113 Å². The van der Waals surface area contributed by atoms with Crippen LogP contribution in [0.15, 0.2) is 102 Å². The number of phenols is 1. The van der Waals surface area contributed by atoms with Gasteiger partial charge < -0.3 is 20.1 Å². The number of aromatic nitrogens is 2. The fourth-order valence-corrected chi connectivity index (χ4v) is 3.56. The van der Waals surface area contributed by atoms with Gasteiger partial charge in [-0.3, -0.25) is 14.2 Å². The van der Waals surface area contributed by atoms with Crippen molar-refractivity contribution in [2.24, 2.45) is 0 Å². The normalized spacial score (nSPS) is 10.8. The van der Waals surface area contributed by atoms with E-state index in [9.17, 15) is 14.7 Å². The second-order valence-electron chi connectivity index (χ2n) is 7.41. The van der Waals surface area contributed by atoms with Gasteiger partial charge in [0.05, 0.1) is 5.69 Å². The first-order chi connectivity index (χ1) is 16.1. The van der Waals surface area contributed by atoms with Crippen molar-refractivity contribution in [3.8, 4) is 22.9 Å². The topological polar surface area (TPSA) is 96.3 Å². The number of amides is 1. The number of aromatic hydroxyl groups is 1. The zero-order chi connectivity index (χ0) is 22.8. The van der Waals surface area contributed by atoms with Gasteiger partial charge in [-0.25, -0.2) is 0 Å². The summed E-state index contributed by atoms with van der Waals surface area (Å²) in [6, 6.07) is 27.5. The van der Waals surface area contributed by atoms with Crippen LogP contribution in [0.4, 0.5) is 5.69 Å². The molecule has 0 aliphatic carbocycles. The molecule has 3 aromatic carbocycles. The maximum Gasteiger partial charge on any atom is 0.272 e. The number of carbonyl (C=O) groups is 1. The molecule has 0 aliphatic rings. The summed E-state index contributed by atoms with van der Waals surface area (Å²) in [7, 11) is 0. The van der Waals surface area contributed by atoms with E-state index in [1.807, 2.05) is 36.4 Å². The maximum absolute atomic E-state index is 12.9. The summed E-state index contributed by atoms with van der Waals surface area (Å²) in [4.78, 5) is 28.5. The van der Waals surface area contributed by atoms with E-state index in [2.05, 4.69) is 10.3 Å². The van der Waals surface area contributed by atoms with Crippen LogP contribution in [0.3, 0.4) is 0 Å². The van der Waals surface area contributed by atoms with Crippen molar-refractivity contribution in [1.29, 1.82) is 0 Å². The summed E-state index contributed by atoms with van der Waals surface area (Å²) in [6.07, 6.45) is 0. The van der Waals surface area contributed by atoms with Gasteiger partial charge in [0.2, 0.25) is 0 Å². The maximum atomic E-state index is 12.9. The number of fused-ring (bicyclic) bond motifs is 1. The Bertz CT molecular complexity index is 1500. The lowest BCUT2D eigenvalue weighted by Gasteiger charge is -2.09. The van der Waals surface area contributed by atoms with Crippen molar-refractivity contribution in [2.75, 3.05) is 5.32 Å². The third-order valence-electron chi connectivity index (χ3n) is 5.10. The predicted molar refractivity (Wildman–Crippen MR) is 126 cm³/mol. The van der Waals surface area contributed by atoms with E-state index in [-0.39, 0.29) is 17.2 Å². The Morgan fingerprint density at radius 2 is 1.61 bits per heavy atom. The SMILES string of the molecule is O=C(Nc1cccc(Oc2ccccc2)c1)c1cc2ccc(=O)n(-c3ccc(O)cc3)c2[nH]1. The smallest absolute Gasteiger partial charge is 0.272 e. The summed E-state index contributed by atoms with van der Waals surface area (Å²) in [6.45, 7) is 0. The number of phenolic OH excluding ortho intramolecular Hbond substituents is 1. The Kier molecular flexibility index (Phi) is 5.12. The number of hydrogen-bond acceptors (Lipinski definition) is 4. The molecule has 0 radical (unpaired) electrons. The number of carbonyl (C=O) groups excluding carboxylic acids is 1. The van der Waals surface area contributed by atoms with Gasteiger partial charge in [-0.2, -0.15) is 0 Å². The Morgan fingerprint density at radius 1 is 0.848 bits per heavy atom. The lowest BCUT2D eigenvalue weighted by molar-refractivity contribution is 0.102. The minimum atomic E-state index is -0.354. The van der Waals surface area contributed by atoms with Crippen LogP contribution < -0.4 is 15.6 Å². The van der Waals surface area contributed by atoms with Crippen LogP contribution >= 0.6 is 0 Å². The van der Waals surface area contributed by atoms with Crippen LogP contribution in [-0.4, -0.2) is 20.6 Å². The number of rotatable bonds is 5. The van der Waals surface area contributed by atoms with Gasteiger partial charge in [-0.15, -0.1) is 0 Å². The Balaban J connectivity index is 1.43. The number of anilines is 1. The number of pyridine rings is 1. The number of nitrogens with one attached hydrogen (secondary N) is 2. The van der Waals surface area contributed by atoms with E-state index < -0.39 is 0 Å². The minimum absolute atomic E-state index is 0.101. The summed E-state index contributed by atoms with van der Waals surface area (Å²) in [5.41, 5.74) is 1.68. The van der Waals surface area contributed by atoms with E-state index in [0.717, 1.165) is 0 Å². The molecule has 0 bridgehead atoms. The zero-order valence-electron chi connectivity index (χ0n) is 17.4. The predicted octanol–water partition coefficient (Wildman–Crippen LogP) is 5.07. The van der Waals surface area contributed by atoms with Crippen molar-refractivity contribution < 1.29 is 14.6 Å². The molecule has 7 heteroatoms. The molecule has 5 aromatic rings. The Hall–Kier alpha value is -4.78. The van der Waals surface area contributed by atoms with E-state index >= 15 is 0 Å². The van der Waals surface area contributed by atoms with Gasteiger partial charge in [0.25, 0.3) is 11.5 Å². The molecule has 2 heterocycles. The van der Waals surface area contributed by atoms with Crippen molar-refractivity contribution in [3.63, 3.8) is 0 Å². The first kappa shape index (κ1) is 20.1. The second kappa shape index (κ2) is 8.39. The van der Waals surface area contributed by atoms with Gasteiger partial charge in [0.15, 0.2) is 0 Å². The van der Waals surface area contributed by atoms with Crippen LogP contribution in [0.25, 0.3) is 16.7 Å². The summed E-state index contributed by atoms with van der Waals surface area (Å²) in [5, 5.41) is 13.1. The number of benzene rings is 3. The first-order valence-electron chi connectivity index (χ1n) is 10.3. The molecular formula is C26H19N3O4. The molecule has 0 atom stereocenters. The van der Waals surface area contributed by atoms with Crippen LogP contribution in [-0.2, 0) is 0 Å². The fourth-order valence-electron chi connectivity index (χ4n) is 3.56. The zero-order valence-corrected chi connectivity index (χ0v) is 17.4. The molecule has 3 N–H and O–H groups in total. The molecule has 7 nitrogen and oxygen atoms in total. The number of nitrogens with zero attached hydrogens (tertiary/aromatic N) is 1. The van der Waals surface area contributed by atoms with Crippen LogP contribution in [0, 0.1) is 0 Å². The first-order valence-corrected chi connectivity index (χ1v) is 10.3. The largest absolute Gasteiger partial charge is 0.508 e. The van der Waals surface area contributed by atoms with Gasteiger partial charge in [0, 0.05) is 23.2 Å². The highest BCUT2D eigenvalue weighted by molar-refractivity contribution is 6.05. The van der Waals surface area contributed by atoms with Gasteiger partial charge in [-0.1, -0.05) is 24.3 Å². The third kappa shape index (κ3) is 4.20. The van der Waals surface area contributed by atoms with E-state index in [1.165, 1.54) is 22.8 Å². The van der Waals surface area contributed by atoms with Gasteiger partial charge in [-0.05, 0) is 60.7 Å². The standard InChI is InChI=1S/C26H19N3O4/c30-20-12-10-19(11-13-20)29-24(31)14-9-17-15-23(28-25(17)29)26(32)27-18-5-4-8-22(16-18)33-21-6-2-1-3-7-21/h1-16,28,30H,(H,27,32).